The molecule has 0 unspecified atom stereocenters. The number of rotatable bonds is 6. The molecular formula is C12H26N2. The SMILES string of the molecule is CCN(CC)CCN[C@@H]1CCC[C@H]1C. The Balaban J connectivity index is 2.08. The smallest absolute Gasteiger partial charge is 0.0107 e. The van der Waals surface area contributed by atoms with Crippen molar-refractivity contribution in [3.8, 4) is 0 Å². The Morgan fingerprint density at radius 2 is 1.93 bits per heavy atom. The molecule has 0 aromatic rings. The number of nitrogens with one attached hydrogen (secondary N) is 1. The van der Waals surface area contributed by atoms with Crippen molar-refractivity contribution in [2.75, 3.05) is 26.2 Å². The summed E-state index contributed by atoms with van der Waals surface area (Å²) in [6.07, 6.45) is 4.23. The maximum absolute atomic E-state index is 3.69. The van der Waals surface area contributed by atoms with Gasteiger partial charge in [-0.05, 0) is 31.8 Å². The lowest BCUT2D eigenvalue weighted by molar-refractivity contribution is 0.290. The molecular weight excluding hydrogens is 172 g/mol. The lowest BCUT2D eigenvalue weighted by atomic mass is 10.1. The molecule has 2 nitrogen and oxygen atoms in total. The van der Waals surface area contributed by atoms with Crippen molar-refractivity contribution in [3.63, 3.8) is 0 Å². The maximum atomic E-state index is 3.69. The number of hydrogen-bond donors (Lipinski definition) is 1. The van der Waals surface area contributed by atoms with E-state index in [9.17, 15) is 0 Å². The molecule has 1 saturated carbocycles. The van der Waals surface area contributed by atoms with Gasteiger partial charge in [0.05, 0.1) is 0 Å². The van der Waals surface area contributed by atoms with Crippen LogP contribution in [0.25, 0.3) is 0 Å². The summed E-state index contributed by atoms with van der Waals surface area (Å²) in [6, 6.07) is 0.797. The monoisotopic (exact) mass is 198 g/mol. The maximum Gasteiger partial charge on any atom is 0.0107 e. The van der Waals surface area contributed by atoms with E-state index in [1.165, 1.54) is 38.9 Å². The average molecular weight is 198 g/mol. The first-order chi connectivity index (χ1) is 6.77. The molecule has 0 amide bonds. The van der Waals surface area contributed by atoms with E-state index in [4.69, 9.17) is 0 Å². The van der Waals surface area contributed by atoms with Gasteiger partial charge in [0, 0.05) is 19.1 Å². The zero-order valence-electron chi connectivity index (χ0n) is 10.1. The van der Waals surface area contributed by atoms with Crippen LogP contribution >= 0.6 is 0 Å². The van der Waals surface area contributed by atoms with E-state index in [2.05, 4.69) is 31.0 Å². The van der Waals surface area contributed by atoms with Crippen LogP contribution in [-0.2, 0) is 0 Å². The molecule has 0 radical (unpaired) electrons. The first-order valence-electron chi connectivity index (χ1n) is 6.23. The van der Waals surface area contributed by atoms with Crippen LogP contribution in [-0.4, -0.2) is 37.1 Å². The van der Waals surface area contributed by atoms with Crippen LogP contribution in [0.4, 0.5) is 0 Å². The summed E-state index contributed by atoms with van der Waals surface area (Å²) in [5, 5.41) is 3.69. The molecule has 2 heteroatoms. The highest BCUT2D eigenvalue weighted by atomic mass is 15.1. The molecule has 1 aliphatic carbocycles. The number of likely N-dealkylation sites (N-methyl/N-ethyl adjacent to an activating group) is 1. The zero-order valence-corrected chi connectivity index (χ0v) is 10.1. The predicted octanol–water partition coefficient (Wildman–Crippen LogP) is 2.11. The normalized spacial score (nSPS) is 27.4. The molecule has 0 aliphatic heterocycles. The number of nitrogens with zero attached hydrogens (tertiary/aromatic N) is 1. The van der Waals surface area contributed by atoms with Crippen LogP contribution < -0.4 is 5.32 Å². The lowest BCUT2D eigenvalue weighted by Crippen LogP contribution is -2.38. The quantitative estimate of drug-likeness (QED) is 0.703. The Hall–Kier alpha value is -0.0800. The first-order valence-corrected chi connectivity index (χ1v) is 6.23. The van der Waals surface area contributed by atoms with Gasteiger partial charge in [-0.1, -0.05) is 27.2 Å². The van der Waals surface area contributed by atoms with Crippen molar-refractivity contribution in [1.82, 2.24) is 10.2 Å². The van der Waals surface area contributed by atoms with Crippen LogP contribution in [0.2, 0.25) is 0 Å². The van der Waals surface area contributed by atoms with Crippen molar-refractivity contribution in [2.45, 2.75) is 46.1 Å². The summed E-state index contributed by atoms with van der Waals surface area (Å²) >= 11 is 0. The molecule has 1 rings (SSSR count). The lowest BCUT2D eigenvalue weighted by Gasteiger charge is -2.22. The van der Waals surface area contributed by atoms with E-state index >= 15 is 0 Å². The summed E-state index contributed by atoms with van der Waals surface area (Å²) in [4.78, 5) is 2.48. The summed E-state index contributed by atoms with van der Waals surface area (Å²) < 4.78 is 0. The fourth-order valence-electron chi connectivity index (χ4n) is 2.40. The molecule has 0 bridgehead atoms. The van der Waals surface area contributed by atoms with E-state index in [1.807, 2.05) is 0 Å². The molecule has 1 N–H and O–H groups in total. The Morgan fingerprint density at radius 3 is 2.43 bits per heavy atom. The Bertz CT molecular complexity index is 143. The summed E-state index contributed by atoms with van der Waals surface area (Å²) in [5.41, 5.74) is 0. The Morgan fingerprint density at radius 1 is 1.21 bits per heavy atom. The molecule has 14 heavy (non-hydrogen) atoms. The third kappa shape index (κ3) is 3.58. The minimum atomic E-state index is 0.797. The van der Waals surface area contributed by atoms with Gasteiger partial charge in [-0.15, -0.1) is 0 Å². The molecule has 0 heterocycles. The van der Waals surface area contributed by atoms with Crippen LogP contribution in [0.15, 0.2) is 0 Å². The molecule has 0 saturated heterocycles. The van der Waals surface area contributed by atoms with Gasteiger partial charge in [-0.25, -0.2) is 0 Å². The molecule has 0 spiro atoms. The van der Waals surface area contributed by atoms with Crippen molar-refractivity contribution in [2.24, 2.45) is 5.92 Å². The minimum absolute atomic E-state index is 0.797. The summed E-state index contributed by atoms with van der Waals surface area (Å²) in [7, 11) is 0. The van der Waals surface area contributed by atoms with E-state index in [-0.39, 0.29) is 0 Å². The van der Waals surface area contributed by atoms with Crippen LogP contribution in [0, 0.1) is 5.92 Å². The van der Waals surface area contributed by atoms with Crippen molar-refractivity contribution < 1.29 is 0 Å². The summed E-state index contributed by atoms with van der Waals surface area (Å²) in [6.45, 7) is 11.6. The minimum Gasteiger partial charge on any atom is -0.312 e. The summed E-state index contributed by atoms with van der Waals surface area (Å²) in [5.74, 6) is 0.895. The van der Waals surface area contributed by atoms with E-state index in [1.54, 1.807) is 0 Å². The van der Waals surface area contributed by atoms with Gasteiger partial charge in [0.2, 0.25) is 0 Å². The highest BCUT2D eigenvalue weighted by Crippen LogP contribution is 2.24. The fraction of sp³-hybridized carbons (Fsp3) is 1.00. The average Bonchev–Trinajstić information content (AvgIpc) is 2.59. The fourth-order valence-corrected chi connectivity index (χ4v) is 2.40. The topological polar surface area (TPSA) is 15.3 Å². The van der Waals surface area contributed by atoms with Gasteiger partial charge in [0.1, 0.15) is 0 Å². The van der Waals surface area contributed by atoms with E-state index in [0.29, 0.717) is 0 Å². The third-order valence-electron chi connectivity index (χ3n) is 3.59. The Kier molecular flexibility index (Phi) is 5.49. The number of hydrogen-bond acceptors (Lipinski definition) is 2. The second kappa shape index (κ2) is 6.41. The van der Waals surface area contributed by atoms with E-state index in [0.717, 1.165) is 18.5 Å². The molecule has 1 aliphatic rings. The zero-order chi connectivity index (χ0) is 10.4. The van der Waals surface area contributed by atoms with Crippen molar-refractivity contribution in [1.29, 1.82) is 0 Å². The highest BCUT2D eigenvalue weighted by Gasteiger charge is 2.22. The second-order valence-corrected chi connectivity index (χ2v) is 4.50. The predicted molar refractivity (Wildman–Crippen MR) is 62.6 cm³/mol. The molecule has 0 aromatic heterocycles. The molecule has 84 valence electrons. The van der Waals surface area contributed by atoms with Gasteiger partial charge < -0.3 is 10.2 Å². The van der Waals surface area contributed by atoms with Gasteiger partial charge in [-0.3, -0.25) is 0 Å². The van der Waals surface area contributed by atoms with Gasteiger partial charge in [0.15, 0.2) is 0 Å². The van der Waals surface area contributed by atoms with Gasteiger partial charge in [0.25, 0.3) is 0 Å². The van der Waals surface area contributed by atoms with Gasteiger partial charge >= 0.3 is 0 Å². The van der Waals surface area contributed by atoms with Crippen LogP contribution in [0.3, 0.4) is 0 Å². The standard InChI is InChI=1S/C12H26N2/c1-4-14(5-2)10-9-13-12-8-6-7-11(12)3/h11-13H,4-10H2,1-3H3/t11-,12-/m1/s1. The van der Waals surface area contributed by atoms with Crippen LogP contribution in [0.5, 0.6) is 0 Å². The molecule has 2 atom stereocenters. The van der Waals surface area contributed by atoms with Crippen molar-refractivity contribution >= 4 is 0 Å². The highest BCUT2D eigenvalue weighted by molar-refractivity contribution is 4.80. The molecule has 1 fully saturated rings. The molecule has 0 aromatic carbocycles. The van der Waals surface area contributed by atoms with E-state index < -0.39 is 0 Å². The van der Waals surface area contributed by atoms with Crippen molar-refractivity contribution in [3.05, 3.63) is 0 Å². The van der Waals surface area contributed by atoms with Crippen LogP contribution in [0.1, 0.15) is 40.0 Å². The van der Waals surface area contributed by atoms with Gasteiger partial charge in [-0.2, -0.15) is 0 Å². The second-order valence-electron chi connectivity index (χ2n) is 4.50. The third-order valence-corrected chi connectivity index (χ3v) is 3.59. The largest absolute Gasteiger partial charge is 0.312 e. The first kappa shape index (κ1) is 12.0. The Labute approximate surface area is 89.1 Å².